The molecule has 0 aliphatic heterocycles. The minimum Gasteiger partial charge on any atom is -0.340 e. The number of rotatable bonds is 5. The van der Waals surface area contributed by atoms with Gasteiger partial charge >= 0.3 is 0 Å². The summed E-state index contributed by atoms with van der Waals surface area (Å²) in [5, 5.41) is 5.55. The molecule has 0 bridgehead atoms. The van der Waals surface area contributed by atoms with Crippen molar-refractivity contribution in [3.63, 3.8) is 0 Å². The van der Waals surface area contributed by atoms with Crippen LogP contribution in [0.25, 0.3) is 10.9 Å². The molecule has 0 unspecified atom stereocenters. The Bertz CT molecular complexity index is 816. The maximum atomic E-state index is 4.35. The van der Waals surface area contributed by atoms with Crippen LogP contribution in [-0.4, -0.2) is 15.8 Å². The van der Waals surface area contributed by atoms with E-state index in [1.165, 1.54) is 16.6 Å². The number of para-hydroxylation sites is 1. The molecule has 110 valence electrons. The van der Waals surface area contributed by atoms with E-state index in [4.69, 9.17) is 0 Å². The Morgan fingerprint density at radius 3 is 2.77 bits per heavy atom. The lowest BCUT2D eigenvalue weighted by molar-refractivity contribution is 0.828. The lowest BCUT2D eigenvalue weighted by Crippen LogP contribution is -1.98. The van der Waals surface area contributed by atoms with Crippen molar-refractivity contribution < 1.29 is 0 Å². The molecule has 4 heteroatoms. The number of nitrogens with one attached hydrogen (secondary N) is 1. The largest absolute Gasteiger partial charge is 0.340 e. The van der Waals surface area contributed by atoms with E-state index in [1.54, 1.807) is 12.4 Å². The Morgan fingerprint density at radius 2 is 2.00 bits per heavy atom. The Balaban J connectivity index is 1.96. The fourth-order valence-corrected chi connectivity index (χ4v) is 2.58. The number of aromatic nitrogens is 2. The van der Waals surface area contributed by atoms with Crippen LogP contribution in [0.1, 0.15) is 11.3 Å². The molecule has 0 aliphatic rings. The summed E-state index contributed by atoms with van der Waals surface area (Å²) >= 11 is 0. The third-order valence-electron chi connectivity index (χ3n) is 3.66. The van der Waals surface area contributed by atoms with Crippen LogP contribution in [0, 0.1) is 6.92 Å². The topological polar surface area (TPSA) is 42.2 Å². The van der Waals surface area contributed by atoms with Gasteiger partial charge in [0.25, 0.3) is 0 Å². The van der Waals surface area contributed by atoms with E-state index in [-0.39, 0.29) is 0 Å². The Labute approximate surface area is 129 Å². The van der Waals surface area contributed by atoms with E-state index in [1.807, 2.05) is 30.5 Å². The lowest BCUT2D eigenvalue weighted by atomic mass is 10.1. The van der Waals surface area contributed by atoms with Crippen molar-refractivity contribution in [3.8, 4) is 0 Å². The fraction of sp³-hybridized carbons (Fsp3) is 0.111. The van der Waals surface area contributed by atoms with Gasteiger partial charge in [0.2, 0.25) is 0 Å². The van der Waals surface area contributed by atoms with E-state index in [2.05, 4.69) is 51.8 Å². The molecular weight excluding hydrogens is 272 g/mol. The quantitative estimate of drug-likeness (QED) is 0.439. The van der Waals surface area contributed by atoms with Gasteiger partial charge in [-0.3, -0.25) is 10.4 Å². The molecule has 1 N–H and O–H groups in total. The molecule has 2 heterocycles. The highest BCUT2D eigenvalue weighted by molar-refractivity contribution is 6.01. The van der Waals surface area contributed by atoms with Gasteiger partial charge in [-0.15, -0.1) is 6.58 Å². The Kier molecular flexibility index (Phi) is 4.01. The van der Waals surface area contributed by atoms with E-state index >= 15 is 0 Å². The number of hydrazone groups is 1. The summed E-state index contributed by atoms with van der Waals surface area (Å²) in [7, 11) is 0. The first-order chi connectivity index (χ1) is 10.8. The summed E-state index contributed by atoms with van der Waals surface area (Å²) < 4.78 is 2.25. The second-order valence-corrected chi connectivity index (χ2v) is 5.02. The van der Waals surface area contributed by atoms with Gasteiger partial charge in [-0.05, 0) is 25.1 Å². The van der Waals surface area contributed by atoms with Crippen LogP contribution in [-0.2, 0) is 6.54 Å². The van der Waals surface area contributed by atoms with Crippen molar-refractivity contribution in [1.82, 2.24) is 9.55 Å². The smallest absolute Gasteiger partial charge is 0.0592 e. The molecule has 0 atom stereocenters. The standard InChI is InChI=1S/C18H18N4/c1-3-12-22-14(2)17(16-6-4-5-7-18(16)22)13-20-21-15-8-10-19-11-9-15/h3-11,13H,1,12H2,2H3,(H,19,21)/b20-13-. The van der Waals surface area contributed by atoms with Crippen LogP contribution in [0.15, 0.2) is 66.5 Å². The van der Waals surface area contributed by atoms with Gasteiger partial charge in [-0.25, -0.2) is 0 Å². The van der Waals surface area contributed by atoms with Gasteiger partial charge in [-0.1, -0.05) is 24.3 Å². The highest BCUT2D eigenvalue weighted by Crippen LogP contribution is 2.24. The maximum absolute atomic E-state index is 4.35. The highest BCUT2D eigenvalue weighted by Gasteiger charge is 2.10. The van der Waals surface area contributed by atoms with Gasteiger partial charge in [0.15, 0.2) is 0 Å². The van der Waals surface area contributed by atoms with Crippen LogP contribution in [0.5, 0.6) is 0 Å². The van der Waals surface area contributed by atoms with Gasteiger partial charge in [0, 0.05) is 41.1 Å². The SMILES string of the molecule is C=CCn1c(C)c(/C=N\Nc2ccncc2)c2ccccc21. The van der Waals surface area contributed by atoms with Gasteiger partial charge in [0.1, 0.15) is 0 Å². The zero-order chi connectivity index (χ0) is 15.4. The van der Waals surface area contributed by atoms with Crippen molar-refractivity contribution in [2.24, 2.45) is 5.10 Å². The summed E-state index contributed by atoms with van der Waals surface area (Å²) in [6.07, 6.45) is 7.26. The van der Waals surface area contributed by atoms with E-state index < -0.39 is 0 Å². The summed E-state index contributed by atoms with van der Waals surface area (Å²) in [6, 6.07) is 12.1. The summed E-state index contributed by atoms with van der Waals surface area (Å²) in [6.45, 7) is 6.74. The molecule has 2 aromatic heterocycles. The minimum atomic E-state index is 0.790. The highest BCUT2D eigenvalue weighted by atomic mass is 15.3. The molecule has 0 aliphatic carbocycles. The zero-order valence-corrected chi connectivity index (χ0v) is 12.5. The monoisotopic (exact) mass is 290 g/mol. The number of fused-ring (bicyclic) bond motifs is 1. The van der Waals surface area contributed by atoms with Crippen LogP contribution in [0.4, 0.5) is 5.69 Å². The van der Waals surface area contributed by atoms with Crippen molar-refractivity contribution in [2.45, 2.75) is 13.5 Å². The fourth-order valence-electron chi connectivity index (χ4n) is 2.58. The number of hydrogen-bond acceptors (Lipinski definition) is 3. The number of anilines is 1. The zero-order valence-electron chi connectivity index (χ0n) is 12.5. The molecule has 0 radical (unpaired) electrons. The third kappa shape index (κ3) is 2.63. The molecule has 0 fully saturated rings. The number of pyridine rings is 1. The lowest BCUT2D eigenvalue weighted by Gasteiger charge is -2.04. The molecule has 22 heavy (non-hydrogen) atoms. The Hall–Kier alpha value is -2.88. The first kappa shape index (κ1) is 14.1. The Morgan fingerprint density at radius 1 is 1.23 bits per heavy atom. The number of allylic oxidation sites excluding steroid dienone is 1. The van der Waals surface area contributed by atoms with Gasteiger partial charge < -0.3 is 4.57 Å². The average molecular weight is 290 g/mol. The maximum Gasteiger partial charge on any atom is 0.0592 e. The average Bonchev–Trinajstić information content (AvgIpc) is 2.82. The molecule has 0 spiro atoms. The van der Waals surface area contributed by atoms with Crippen molar-refractivity contribution in [1.29, 1.82) is 0 Å². The van der Waals surface area contributed by atoms with Crippen molar-refractivity contribution in [2.75, 3.05) is 5.43 Å². The molecule has 3 rings (SSSR count). The molecule has 3 aromatic rings. The first-order valence-electron chi connectivity index (χ1n) is 7.19. The molecule has 0 amide bonds. The van der Waals surface area contributed by atoms with Crippen LogP contribution in [0.3, 0.4) is 0 Å². The molecule has 1 aromatic carbocycles. The second kappa shape index (κ2) is 6.26. The van der Waals surface area contributed by atoms with Gasteiger partial charge in [0.05, 0.1) is 11.9 Å². The summed E-state index contributed by atoms with van der Waals surface area (Å²) in [4.78, 5) is 3.99. The van der Waals surface area contributed by atoms with Crippen LogP contribution in [0.2, 0.25) is 0 Å². The van der Waals surface area contributed by atoms with E-state index in [0.717, 1.165) is 17.8 Å². The molecular formula is C18H18N4. The molecule has 0 saturated carbocycles. The van der Waals surface area contributed by atoms with Crippen molar-refractivity contribution >= 4 is 22.8 Å². The number of hydrogen-bond donors (Lipinski definition) is 1. The van der Waals surface area contributed by atoms with Crippen LogP contribution >= 0.6 is 0 Å². The van der Waals surface area contributed by atoms with E-state index in [0.29, 0.717) is 0 Å². The van der Waals surface area contributed by atoms with E-state index in [9.17, 15) is 0 Å². The molecule has 0 saturated heterocycles. The summed E-state index contributed by atoms with van der Waals surface area (Å²) in [5.74, 6) is 0. The van der Waals surface area contributed by atoms with Gasteiger partial charge in [-0.2, -0.15) is 5.10 Å². The number of benzene rings is 1. The molecule has 4 nitrogen and oxygen atoms in total. The third-order valence-corrected chi connectivity index (χ3v) is 3.66. The summed E-state index contributed by atoms with van der Waals surface area (Å²) in [5.41, 5.74) is 7.45. The van der Waals surface area contributed by atoms with Crippen LogP contribution < -0.4 is 5.43 Å². The first-order valence-corrected chi connectivity index (χ1v) is 7.19. The minimum absolute atomic E-state index is 0.790. The predicted octanol–water partition coefficient (Wildman–Crippen LogP) is 3.98. The predicted molar refractivity (Wildman–Crippen MR) is 92.3 cm³/mol. The van der Waals surface area contributed by atoms with Crippen molar-refractivity contribution in [3.05, 3.63) is 72.7 Å². The number of nitrogens with zero attached hydrogens (tertiary/aromatic N) is 3. The second-order valence-electron chi connectivity index (χ2n) is 5.02. The normalized spacial score (nSPS) is 11.1.